The third-order valence-electron chi connectivity index (χ3n) is 4.39. The van der Waals surface area contributed by atoms with Crippen LogP contribution in [0.15, 0.2) is 0 Å². The van der Waals surface area contributed by atoms with Crippen molar-refractivity contribution in [3.05, 3.63) is 0 Å². The largest absolute Gasteiger partial charge is 0.394 e. The van der Waals surface area contributed by atoms with Gasteiger partial charge in [0.1, 0.15) is 25.1 Å². The van der Waals surface area contributed by atoms with Crippen LogP contribution in [0, 0.1) is 5.92 Å². The van der Waals surface area contributed by atoms with Crippen LogP contribution in [0.25, 0.3) is 0 Å². The van der Waals surface area contributed by atoms with Gasteiger partial charge in [0.05, 0.1) is 32.0 Å². The van der Waals surface area contributed by atoms with E-state index in [9.17, 15) is 19.8 Å². The lowest BCUT2D eigenvalue weighted by Crippen LogP contribution is -2.55. The van der Waals surface area contributed by atoms with Gasteiger partial charge < -0.3 is 45.4 Å². The Labute approximate surface area is 159 Å². The van der Waals surface area contributed by atoms with Crippen molar-refractivity contribution in [3.8, 4) is 0 Å². The number of nitrogens with one attached hydrogen (secondary N) is 1. The van der Waals surface area contributed by atoms with E-state index in [2.05, 4.69) is 5.32 Å². The van der Waals surface area contributed by atoms with Crippen LogP contribution in [-0.4, -0.2) is 91.1 Å². The maximum Gasteiger partial charge on any atom is 0.245 e. The molecule has 0 aromatic carbocycles. The number of carbonyl (C=O) groups is 2. The van der Waals surface area contributed by atoms with Gasteiger partial charge in [-0.05, 0) is 19.3 Å². The highest BCUT2D eigenvalue weighted by Crippen LogP contribution is 2.26. The highest BCUT2D eigenvalue weighted by Gasteiger charge is 2.42. The molecule has 158 valence electrons. The van der Waals surface area contributed by atoms with Gasteiger partial charge in [-0.1, -0.05) is 6.92 Å². The average molecular weight is 392 g/mol. The fourth-order valence-electron chi connectivity index (χ4n) is 2.65. The van der Waals surface area contributed by atoms with E-state index >= 15 is 0 Å². The molecule has 27 heavy (non-hydrogen) atoms. The molecule has 0 aliphatic carbocycles. The maximum absolute atomic E-state index is 11.6. The fourth-order valence-corrected chi connectivity index (χ4v) is 2.65. The average Bonchev–Trinajstić information content (AvgIpc) is 2.66. The topological polar surface area (TPSA) is 161 Å². The molecule has 0 aromatic rings. The van der Waals surface area contributed by atoms with Gasteiger partial charge in [0, 0.05) is 12.5 Å². The van der Waals surface area contributed by atoms with Crippen molar-refractivity contribution in [2.45, 2.75) is 56.8 Å². The van der Waals surface area contributed by atoms with Crippen molar-refractivity contribution in [1.82, 2.24) is 5.32 Å². The van der Waals surface area contributed by atoms with E-state index in [4.69, 9.17) is 25.1 Å². The lowest BCUT2D eigenvalue weighted by molar-refractivity contribution is -0.283. The maximum atomic E-state index is 11.6. The number of aliphatic hydroxyl groups is 3. The van der Waals surface area contributed by atoms with Gasteiger partial charge in [-0.25, -0.2) is 0 Å². The number of aliphatic hydroxyl groups excluding tert-OH is 3. The Morgan fingerprint density at radius 1 is 1.30 bits per heavy atom. The summed E-state index contributed by atoms with van der Waals surface area (Å²) >= 11 is 0. The van der Waals surface area contributed by atoms with Gasteiger partial charge in [-0.15, -0.1) is 0 Å². The molecule has 10 heteroatoms. The first-order valence-corrected chi connectivity index (χ1v) is 9.20. The number of hydrogen-bond acceptors (Lipinski definition) is 9. The summed E-state index contributed by atoms with van der Waals surface area (Å²) in [6.45, 7) is 1.90. The van der Waals surface area contributed by atoms with Crippen LogP contribution in [0.1, 0.15) is 26.2 Å². The van der Waals surface area contributed by atoms with E-state index in [1.54, 1.807) is 6.92 Å². The Morgan fingerprint density at radius 3 is 2.70 bits per heavy atom. The van der Waals surface area contributed by atoms with E-state index in [0.29, 0.717) is 19.3 Å². The Hall–Kier alpha value is -1.14. The standard InChI is InChI=1S/C17H32N2O8/c1-11-15(23)16(24)13(9-21)27-17(11)26-7-6-25-10-14(22)19-5-3-2-4-12(18)8-20/h8,11-13,15-17,21,23-24H,2-7,9-10,18H2,1H3,(H,19,22). The summed E-state index contributed by atoms with van der Waals surface area (Å²) in [5.41, 5.74) is 5.47. The van der Waals surface area contributed by atoms with Crippen LogP contribution < -0.4 is 11.1 Å². The number of nitrogens with two attached hydrogens (primary N) is 1. The monoisotopic (exact) mass is 392 g/mol. The predicted molar refractivity (Wildman–Crippen MR) is 94.6 cm³/mol. The van der Waals surface area contributed by atoms with Crippen LogP contribution in [0.3, 0.4) is 0 Å². The summed E-state index contributed by atoms with van der Waals surface area (Å²) in [6.07, 6.45) is -1.13. The Morgan fingerprint density at radius 2 is 2.04 bits per heavy atom. The quantitative estimate of drug-likeness (QED) is 0.175. The summed E-state index contributed by atoms with van der Waals surface area (Å²) in [5.74, 6) is -0.728. The van der Waals surface area contributed by atoms with Gasteiger partial charge in [0.2, 0.25) is 5.91 Å². The molecule has 0 saturated carbocycles. The van der Waals surface area contributed by atoms with E-state index in [1.165, 1.54) is 0 Å². The van der Waals surface area contributed by atoms with Crippen LogP contribution in [0.4, 0.5) is 0 Å². The SMILES string of the molecule is CC1C(OCCOCC(=O)NCCCCC(N)C=O)OC(CO)C(O)C1O. The van der Waals surface area contributed by atoms with Gasteiger partial charge >= 0.3 is 0 Å². The summed E-state index contributed by atoms with van der Waals surface area (Å²) < 4.78 is 16.1. The second-order valence-corrected chi connectivity index (χ2v) is 6.63. The Bertz CT molecular complexity index is 437. The Kier molecular flexibility index (Phi) is 11.6. The minimum atomic E-state index is -1.17. The highest BCUT2D eigenvalue weighted by molar-refractivity contribution is 5.77. The zero-order chi connectivity index (χ0) is 20.2. The number of amides is 1. The second-order valence-electron chi connectivity index (χ2n) is 6.63. The smallest absolute Gasteiger partial charge is 0.245 e. The first-order chi connectivity index (χ1) is 12.9. The van der Waals surface area contributed by atoms with Crippen molar-refractivity contribution >= 4 is 12.2 Å². The Balaban J connectivity index is 2.09. The number of rotatable bonds is 13. The second kappa shape index (κ2) is 13.1. The van der Waals surface area contributed by atoms with Crippen molar-refractivity contribution in [1.29, 1.82) is 0 Å². The van der Waals surface area contributed by atoms with Gasteiger partial charge in [-0.2, -0.15) is 0 Å². The molecule has 6 atom stereocenters. The molecule has 1 rings (SSSR count). The number of unbranched alkanes of at least 4 members (excludes halogenated alkanes) is 1. The predicted octanol–water partition coefficient (Wildman–Crippen LogP) is -2.09. The van der Waals surface area contributed by atoms with Gasteiger partial charge in [0.15, 0.2) is 6.29 Å². The van der Waals surface area contributed by atoms with E-state index in [1.807, 2.05) is 0 Å². The molecule has 1 aliphatic rings. The molecule has 0 bridgehead atoms. The molecule has 1 fully saturated rings. The minimum absolute atomic E-state index is 0.112. The highest BCUT2D eigenvalue weighted by atomic mass is 16.7. The summed E-state index contributed by atoms with van der Waals surface area (Å²) in [5, 5.41) is 31.5. The number of ether oxygens (including phenoxy) is 3. The number of carbonyl (C=O) groups excluding carboxylic acids is 2. The fraction of sp³-hybridized carbons (Fsp3) is 0.882. The molecular weight excluding hydrogens is 360 g/mol. The number of hydrogen-bond donors (Lipinski definition) is 5. The van der Waals surface area contributed by atoms with E-state index in [-0.39, 0.29) is 25.7 Å². The van der Waals surface area contributed by atoms with Gasteiger partial charge in [0.25, 0.3) is 0 Å². The molecule has 1 amide bonds. The van der Waals surface area contributed by atoms with Gasteiger partial charge in [-0.3, -0.25) is 4.79 Å². The summed E-state index contributed by atoms with van der Waals surface area (Å²) in [7, 11) is 0. The zero-order valence-corrected chi connectivity index (χ0v) is 15.7. The molecule has 0 aromatic heterocycles. The molecule has 10 nitrogen and oxygen atoms in total. The number of aldehydes is 1. The van der Waals surface area contributed by atoms with Crippen LogP contribution in [0.2, 0.25) is 0 Å². The third kappa shape index (κ3) is 8.60. The minimum Gasteiger partial charge on any atom is -0.394 e. The van der Waals surface area contributed by atoms with E-state index < -0.39 is 43.2 Å². The molecule has 0 radical (unpaired) electrons. The van der Waals surface area contributed by atoms with Crippen LogP contribution >= 0.6 is 0 Å². The van der Waals surface area contributed by atoms with Crippen molar-refractivity contribution < 1.29 is 39.1 Å². The van der Waals surface area contributed by atoms with Crippen molar-refractivity contribution in [2.24, 2.45) is 11.7 Å². The molecular formula is C17H32N2O8. The van der Waals surface area contributed by atoms with Crippen LogP contribution in [-0.2, 0) is 23.8 Å². The van der Waals surface area contributed by atoms with E-state index in [0.717, 1.165) is 12.8 Å². The zero-order valence-electron chi connectivity index (χ0n) is 15.7. The molecule has 6 N–H and O–H groups in total. The van der Waals surface area contributed by atoms with Crippen molar-refractivity contribution in [2.75, 3.05) is 33.0 Å². The summed E-state index contributed by atoms with van der Waals surface area (Å²) in [4.78, 5) is 22.0. The normalized spacial score (nSPS) is 29.3. The van der Waals surface area contributed by atoms with Crippen molar-refractivity contribution in [3.63, 3.8) is 0 Å². The third-order valence-corrected chi connectivity index (χ3v) is 4.39. The first kappa shape index (κ1) is 23.9. The lowest BCUT2D eigenvalue weighted by Gasteiger charge is -2.40. The molecule has 1 heterocycles. The molecule has 1 aliphatic heterocycles. The molecule has 0 spiro atoms. The van der Waals surface area contributed by atoms with Crippen LogP contribution in [0.5, 0.6) is 0 Å². The molecule has 1 saturated heterocycles. The molecule has 6 unspecified atom stereocenters. The lowest BCUT2D eigenvalue weighted by atomic mass is 9.92. The first-order valence-electron chi connectivity index (χ1n) is 9.20. The summed E-state index contributed by atoms with van der Waals surface area (Å²) in [6, 6.07) is -0.447.